The Balaban J connectivity index is 2.24. The van der Waals surface area contributed by atoms with Crippen LogP contribution in [0, 0.1) is 12.8 Å². The van der Waals surface area contributed by atoms with Crippen molar-refractivity contribution < 1.29 is 0 Å². The molecule has 0 saturated heterocycles. The number of rotatable bonds is 7. The van der Waals surface area contributed by atoms with Crippen molar-refractivity contribution in [2.45, 2.75) is 59.5 Å². The third-order valence-corrected chi connectivity index (χ3v) is 3.21. The Kier molecular flexibility index (Phi) is 6.20. The molecule has 1 aromatic rings. The molecule has 1 N–H and O–H groups in total. The number of aromatic nitrogens is 1. The van der Waals surface area contributed by atoms with Crippen molar-refractivity contribution in [3.63, 3.8) is 0 Å². The molecule has 0 saturated carbocycles. The van der Waals surface area contributed by atoms with Gasteiger partial charge in [-0.05, 0) is 43.4 Å². The van der Waals surface area contributed by atoms with Crippen LogP contribution >= 0.6 is 0 Å². The summed E-state index contributed by atoms with van der Waals surface area (Å²) in [6.07, 6.45) is 7.72. The fourth-order valence-corrected chi connectivity index (χ4v) is 1.90. The van der Waals surface area contributed by atoms with E-state index in [1.54, 1.807) is 0 Å². The number of pyridine rings is 1. The molecule has 0 fully saturated rings. The third-order valence-electron chi connectivity index (χ3n) is 3.21. The molecule has 0 aliphatic carbocycles. The average Bonchev–Trinajstić information content (AvgIpc) is 2.27. The Hall–Kier alpha value is -0.890. The first kappa shape index (κ1) is 14.2. The first-order valence-electron chi connectivity index (χ1n) is 6.72. The van der Waals surface area contributed by atoms with Crippen LogP contribution in [-0.4, -0.2) is 11.0 Å². The second kappa shape index (κ2) is 7.44. The van der Waals surface area contributed by atoms with Gasteiger partial charge in [-0.15, -0.1) is 0 Å². The van der Waals surface area contributed by atoms with Gasteiger partial charge >= 0.3 is 0 Å². The van der Waals surface area contributed by atoms with Crippen molar-refractivity contribution in [3.05, 3.63) is 29.6 Å². The van der Waals surface area contributed by atoms with Crippen molar-refractivity contribution in [2.24, 2.45) is 5.92 Å². The largest absolute Gasteiger partial charge is 0.310 e. The van der Waals surface area contributed by atoms with E-state index < -0.39 is 0 Å². The first-order chi connectivity index (χ1) is 8.09. The second-order valence-corrected chi connectivity index (χ2v) is 5.41. The summed E-state index contributed by atoms with van der Waals surface area (Å²) in [6, 6.07) is 2.66. The topological polar surface area (TPSA) is 24.9 Å². The number of nitrogens with one attached hydrogen (secondary N) is 1. The Morgan fingerprint density at radius 2 is 2.00 bits per heavy atom. The number of aryl methyl sites for hydroxylation is 1. The zero-order chi connectivity index (χ0) is 12.7. The van der Waals surface area contributed by atoms with Crippen molar-refractivity contribution >= 4 is 0 Å². The van der Waals surface area contributed by atoms with Crippen LogP contribution in [0.4, 0.5) is 0 Å². The molecule has 1 atom stereocenters. The molecular weight excluding hydrogens is 208 g/mol. The van der Waals surface area contributed by atoms with Gasteiger partial charge in [0.1, 0.15) is 0 Å². The summed E-state index contributed by atoms with van der Waals surface area (Å²) in [5.74, 6) is 0.822. The van der Waals surface area contributed by atoms with Gasteiger partial charge in [-0.25, -0.2) is 0 Å². The van der Waals surface area contributed by atoms with E-state index in [1.807, 2.05) is 12.4 Å². The lowest BCUT2D eigenvalue weighted by Crippen LogP contribution is -2.25. The smallest absolute Gasteiger partial charge is 0.0315 e. The van der Waals surface area contributed by atoms with Gasteiger partial charge in [-0.1, -0.05) is 26.7 Å². The van der Waals surface area contributed by atoms with Gasteiger partial charge in [0.25, 0.3) is 0 Å². The van der Waals surface area contributed by atoms with Crippen LogP contribution in [0.1, 0.15) is 51.2 Å². The molecule has 1 rings (SSSR count). The molecule has 1 unspecified atom stereocenters. The fourth-order valence-electron chi connectivity index (χ4n) is 1.90. The highest BCUT2D eigenvalue weighted by Crippen LogP contribution is 2.09. The summed E-state index contributed by atoms with van der Waals surface area (Å²) in [5.41, 5.74) is 2.63. The molecule has 17 heavy (non-hydrogen) atoms. The number of nitrogens with zero attached hydrogens (tertiary/aromatic N) is 1. The van der Waals surface area contributed by atoms with E-state index in [9.17, 15) is 0 Å². The maximum atomic E-state index is 4.17. The van der Waals surface area contributed by atoms with Crippen LogP contribution in [-0.2, 0) is 6.54 Å². The summed E-state index contributed by atoms with van der Waals surface area (Å²) >= 11 is 0. The highest BCUT2D eigenvalue weighted by atomic mass is 14.9. The SMILES string of the molecule is Cc1ccncc1CNC(C)CCCC(C)C. The quantitative estimate of drug-likeness (QED) is 0.778. The molecule has 2 heteroatoms. The minimum Gasteiger partial charge on any atom is -0.310 e. The Morgan fingerprint density at radius 3 is 2.65 bits per heavy atom. The summed E-state index contributed by atoms with van der Waals surface area (Å²) in [5, 5.41) is 3.57. The number of hydrogen-bond acceptors (Lipinski definition) is 2. The van der Waals surface area contributed by atoms with Crippen molar-refractivity contribution in [2.75, 3.05) is 0 Å². The molecule has 1 aromatic heterocycles. The normalized spacial score (nSPS) is 13.0. The van der Waals surface area contributed by atoms with Gasteiger partial charge in [-0.3, -0.25) is 4.98 Å². The lowest BCUT2D eigenvalue weighted by atomic mass is 10.0. The van der Waals surface area contributed by atoms with E-state index >= 15 is 0 Å². The summed E-state index contributed by atoms with van der Waals surface area (Å²) in [7, 11) is 0. The van der Waals surface area contributed by atoms with Crippen molar-refractivity contribution in [3.8, 4) is 0 Å². The first-order valence-corrected chi connectivity index (χ1v) is 6.72. The maximum absolute atomic E-state index is 4.17. The van der Waals surface area contributed by atoms with Crippen molar-refractivity contribution in [1.29, 1.82) is 0 Å². The van der Waals surface area contributed by atoms with Gasteiger partial charge in [0.15, 0.2) is 0 Å². The zero-order valence-corrected chi connectivity index (χ0v) is 11.7. The molecule has 0 spiro atoms. The molecule has 0 bridgehead atoms. The van der Waals surface area contributed by atoms with E-state index in [-0.39, 0.29) is 0 Å². The van der Waals surface area contributed by atoms with E-state index in [0.717, 1.165) is 12.5 Å². The Labute approximate surface area is 106 Å². The standard InChI is InChI=1S/C15H26N2/c1-12(2)6-5-7-14(4)17-11-15-10-16-9-8-13(15)3/h8-10,12,14,17H,5-7,11H2,1-4H3. The van der Waals surface area contributed by atoms with Crippen LogP contribution in [0.15, 0.2) is 18.5 Å². The predicted octanol–water partition coefficient (Wildman–Crippen LogP) is 3.69. The summed E-state index contributed by atoms with van der Waals surface area (Å²) in [6.45, 7) is 9.92. The molecule has 2 nitrogen and oxygen atoms in total. The van der Waals surface area contributed by atoms with Crippen LogP contribution in [0.3, 0.4) is 0 Å². The fraction of sp³-hybridized carbons (Fsp3) is 0.667. The minimum absolute atomic E-state index is 0.591. The molecule has 1 heterocycles. The second-order valence-electron chi connectivity index (χ2n) is 5.41. The summed E-state index contributed by atoms with van der Waals surface area (Å²) in [4.78, 5) is 4.17. The van der Waals surface area contributed by atoms with Crippen LogP contribution in [0.5, 0.6) is 0 Å². The Bertz CT molecular complexity index is 320. The third kappa shape index (κ3) is 5.83. The average molecular weight is 234 g/mol. The molecule has 0 amide bonds. The van der Waals surface area contributed by atoms with Crippen LogP contribution < -0.4 is 5.32 Å². The van der Waals surface area contributed by atoms with E-state index in [0.29, 0.717) is 6.04 Å². The predicted molar refractivity (Wildman–Crippen MR) is 74.0 cm³/mol. The lowest BCUT2D eigenvalue weighted by molar-refractivity contribution is 0.456. The summed E-state index contributed by atoms with van der Waals surface area (Å²) < 4.78 is 0. The zero-order valence-electron chi connectivity index (χ0n) is 11.7. The maximum Gasteiger partial charge on any atom is 0.0315 e. The Morgan fingerprint density at radius 1 is 1.24 bits per heavy atom. The van der Waals surface area contributed by atoms with Gasteiger partial charge in [0, 0.05) is 25.0 Å². The highest BCUT2D eigenvalue weighted by molar-refractivity contribution is 5.21. The minimum atomic E-state index is 0.591. The molecule has 0 radical (unpaired) electrons. The molecule has 0 aromatic carbocycles. The van der Waals surface area contributed by atoms with E-state index in [4.69, 9.17) is 0 Å². The van der Waals surface area contributed by atoms with E-state index in [1.165, 1.54) is 30.4 Å². The highest BCUT2D eigenvalue weighted by Gasteiger charge is 2.04. The van der Waals surface area contributed by atoms with Crippen LogP contribution in [0.25, 0.3) is 0 Å². The molecule has 0 aliphatic rings. The molecule has 0 aliphatic heterocycles. The molecular formula is C15H26N2. The van der Waals surface area contributed by atoms with Gasteiger partial charge < -0.3 is 5.32 Å². The van der Waals surface area contributed by atoms with Crippen LogP contribution in [0.2, 0.25) is 0 Å². The van der Waals surface area contributed by atoms with E-state index in [2.05, 4.69) is 44.1 Å². The van der Waals surface area contributed by atoms with Crippen molar-refractivity contribution in [1.82, 2.24) is 10.3 Å². The van der Waals surface area contributed by atoms with Gasteiger partial charge in [0.05, 0.1) is 0 Å². The van der Waals surface area contributed by atoms with Gasteiger partial charge in [0.2, 0.25) is 0 Å². The van der Waals surface area contributed by atoms with Gasteiger partial charge in [-0.2, -0.15) is 0 Å². The number of hydrogen-bond donors (Lipinski definition) is 1. The lowest BCUT2D eigenvalue weighted by Gasteiger charge is -2.15. The molecule has 96 valence electrons. The monoisotopic (exact) mass is 234 g/mol.